The van der Waals surface area contributed by atoms with Gasteiger partial charge in [0.15, 0.2) is 0 Å². The summed E-state index contributed by atoms with van der Waals surface area (Å²) >= 11 is 0. The van der Waals surface area contributed by atoms with E-state index in [1.807, 2.05) is 0 Å². The van der Waals surface area contributed by atoms with Crippen LogP contribution in [0.3, 0.4) is 0 Å². The highest BCUT2D eigenvalue weighted by Gasteiger charge is 2.15. The number of amides is 1. The Morgan fingerprint density at radius 3 is 2.45 bits per heavy atom. The van der Waals surface area contributed by atoms with E-state index in [0.717, 1.165) is 38.8 Å². The SMILES string of the molecule is NC(CCCCCCCCCCN1CCC(O)CC1)CNC(=O)c1cccnc1. The van der Waals surface area contributed by atoms with Gasteiger partial charge in [-0.15, -0.1) is 0 Å². The minimum absolute atomic E-state index is 0.0199. The van der Waals surface area contributed by atoms with Crippen molar-refractivity contribution in [2.45, 2.75) is 82.8 Å². The molecule has 0 aliphatic carbocycles. The van der Waals surface area contributed by atoms with E-state index in [2.05, 4.69) is 15.2 Å². The Balaban J connectivity index is 1.35. The van der Waals surface area contributed by atoms with E-state index < -0.39 is 0 Å². The fourth-order valence-electron chi connectivity index (χ4n) is 3.87. The number of nitrogens with one attached hydrogen (secondary N) is 1. The van der Waals surface area contributed by atoms with Gasteiger partial charge >= 0.3 is 0 Å². The number of carbonyl (C=O) groups is 1. The molecule has 1 atom stereocenters. The molecule has 0 saturated carbocycles. The number of hydrogen-bond acceptors (Lipinski definition) is 5. The van der Waals surface area contributed by atoms with Gasteiger partial charge in [0, 0.05) is 38.1 Å². The van der Waals surface area contributed by atoms with Crippen molar-refractivity contribution in [3.63, 3.8) is 0 Å². The van der Waals surface area contributed by atoms with E-state index in [1.165, 1.54) is 51.5 Å². The lowest BCUT2D eigenvalue weighted by Gasteiger charge is -2.29. The molecule has 164 valence electrons. The number of carbonyl (C=O) groups excluding carboxylic acids is 1. The Kier molecular flexibility index (Phi) is 11.9. The van der Waals surface area contributed by atoms with Crippen molar-refractivity contribution in [3.05, 3.63) is 30.1 Å². The van der Waals surface area contributed by atoms with Crippen molar-refractivity contribution in [2.75, 3.05) is 26.2 Å². The summed E-state index contributed by atoms with van der Waals surface area (Å²) in [4.78, 5) is 18.4. The normalized spacial score (nSPS) is 16.6. The highest BCUT2D eigenvalue weighted by molar-refractivity contribution is 5.93. The van der Waals surface area contributed by atoms with Gasteiger partial charge in [-0.1, -0.05) is 44.9 Å². The van der Waals surface area contributed by atoms with Crippen LogP contribution in [0.15, 0.2) is 24.5 Å². The third-order valence-corrected chi connectivity index (χ3v) is 5.80. The summed E-state index contributed by atoms with van der Waals surface area (Å²) in [5.41, 5.74) is 6.69. The van der Waals surface area contributed by atoms with E-state index in [9.17, 15) is 9.90 Å². The summed E-state index contributed by atoms with van der Waals surface area (Å²) in [6.07, 6.45) is 16.2. The van der Waals surface area contributed by atoms with E-state index in [0.29, 0.717) is 12.1 Å². The molecule has 6 nitrogen and oxygen atoms in total. The lowest BCUT2D eigenvalue weighted by Crippen LogP contribution is -2.37. The van der Waals surface area contributed by atoms with E-state index in [-0.39, 0.29) is 18.1 Å². The predicted octanol–water partition coefficient (Wildman–Crippen LogP) is 3.11. The van der Waals surface area contributed by atoms with Crippen LogP contribution in [0.2, 0.25) is 0 Å². The number of unbranched alkanes of at least 4 members (excludes halogenated alkanes) is 7. The molecule has 1 aromatic rings. The number of aliphatic hydroxyl groups is 1. The first-order valence-corrected chi connectivity index (χ1v) is 11.5. The summed E-state index contributed by atoms with van der Waals surface area (Å²) in [6, 6.07) is 3.54. The zero-order valence-corrected chi connectivity index (χ0v) is 17.9. The second-order valence-electron chi connectivity index (χ2n) is 8.40. The third kappa shape index (κ3) is 10.7. The standard InChI is InChI=1S/C23H40N4O2/c24-21(19-26-23(29)20-10-9-14-25-18-20)11-7-5-3-1-2-4-6-8-15-27-16-12-22(28)13-17-27/h9-10,14,18,21-22,28H,1-8,11-13,15-17,19,24H2,(H,26,29). The zero-order valence-electron chi connectivity index (χ0n) is 17.9. The number of piperidine rings is 1. The second kappa shape index (κ2) is 14.5. The molecule has 1 fully saturated rings. The molecule has 1 aliphatic heterocycles. The predicted molar refractivity (Wildman–Crippen MR) is 118 cm³/mol. The van der Waals surface area contributed by atoms with Crippen molar-refractivity contribution < 1.29 is 9.90 Å². The largest absolute Gasteiger partial charge is 0.393 e. The minimum atomic E-state index is -0.105. The number of likely N-dealkylation sites (tertiary alicyclic amines) is 1. The molecule has 2 rings (SSSR count). The van der Waals surface area contributed by atoms with Crippen molar-refractivity contribution in [1.29, 1.82) is 0 Å². The first-order chi connectivity index (χ1) is 14.1. The first-order valence-electron chi connectivity index (χ1n) is 11.5. The topological polar surface area (TPSA) is 91.5 Å². The lowest BCUT2D eigenvalue weighted by molar-refractivity contribution is 0.0817. The van der Waals surface area contributed by atoms with Crippen LogP contribution in [-0.2, 0) is 0 Å². The summed E-state index contributed by atoms with van der Waals surface area (Å²) in [5, 5.41) is 12.4. The molecular formula is C23H40N4O2. The highest BCUT2D eigenvalue weighted by atomic mass is 16.3. The van der Waals surface area contributed by atoms with Crippen LogP contribution in [0.1, 0.15) is 81.0 Å². The van der Waals surface area contributed by atoms with Gasteiger partial charge in [0.05, 0.1) is 11.7 Å². The Morgan fingerprint density at radius 2 is 1.79 bits per heavy atom. The van der Waals surface area contributed by atoms with Gasteiger partial charge < -0.3 is 21.1 Å². The molecule has 4 N–H and O–H groups in total. The Bertz CT molecular complexity index is 547. The molecule has 0 bridgehead atoms. The third-order valence-electron chi connectivity index (χ3n) is 5.80. The van der Waals surface area contributed by atoms with Crippen molar-refractivity contribution in [2.24, 2.45) is 5.73 Å². The zero-order chi connectivity index (χ0) is 20.7. The van der Waals surface area contributed by atoms with Gasteiger partial charge in [0.2, 0.25) is 0 Å². The van der Waals surface area contributed by atoms with Gasteiger partial charge in [-0.3, -0.25) is 9.78 Å². The molecule has 2 heterocycles. The number of aromatic nitrogens is 1. The fraction of sp³-hybridized carbons (Fsp3) is 0.739. The fourth-order valence-corrected chi connectivity index (χ4v) is 3.87. The number of aliphatic hydroxyl groups excluding tert-OH is 1. The summed E-state index contributed by atoms with van der Waals surface area (Å²) < 4.78 is 0. The van der Waals surface area contributed by atoms with E-state index in [4.69, 9.17) is 5.73 Å². The minimum Gasteiger partial charge on any atom is -0.393 e. The number of rotatable bonds is 14. The molecule has 1 saturated heterocycles. The van der Waals surface area contributed by atoms with Crippen LogP contribution < -0.4 is 11.1 Å². The maximum Gasteiger partial charge on any atom is 0.252 e. The first kappa shape index (κ1) is 23.8. The van der Waals surface area contributed by atoms with Gasteiger partial charge in [-0.05, 0) is 44.4 Å². The van der Waals surface area contributed by atoms with Crippen LogP contribution in [0.5, 0.6) is 0 Å². The molecule has 1 aromatic heterocycles. The molecule has 1 unspecified atom stereocenters. The average molecular weight is 405 g/mol. The van der Waals surface area contributed by atoms with Crippen LogP contribution in [0.25, 0.3) is 0 Å². The smallest absolute Gasteiger partial charge is 0.252 e. The van der Waals surface area contributed by atoms with Crippen LogP contribution in [-0.4, -0.2) is 59.2 Å². The van der Waals surface area contributed by atoms with Gasteiger partial charge in [0.1, 0.15) is 0 Å². The molecule has 1 aliphatic rings. The van der Waals surface area contributed by atoms with Crippen LogP contribution in [0, 0.1) is 0 Å². The van der Waals surface area contributed by atoms with Gasteiger partial charge in [-0.25, -0.2) is 0 Å². The van der Waals surface area contributed by atoms with Crippen LogP contribution in [0.4, 0.5) is 0 Å². The molecule has 1 amide bonds. The highest BCUT2D eigenvalue weighted by Crippen LogP contribution is 2.13. The summed E-state index contributed by atoms with van der Waals surface area (Å²) in [5.74, 6) is -0.105. The van der Waals surface area contributed by atoms with Crippen LogP contribution >= 0.6 is 0 Å². The quantitative estimate of drug-likeness (QED) is 0.415. The number of nitrogens with two attached hydrogens (primary N) is 1. The molecule has 0 radical (unpaired) electrons. The Hall–Kier alpha value is -1.50. The number of hydrogen-bond donors (Lipinski definition) is 3. The second-order valence-corrected chi connectivity index (χ2v) is 8.40. The average Bonchev–Trinajstić information content (AvgIpc) is 2.75. The lowest BCUT2D eigenvalue weighted by atomic mass is 10.0. The maximum absolute atomic E-state index is 12.0. The van der Waals surface area contributed by atoms with Crippen molar-refractivity contribution >= 4 is 5.91 Å². The Morgan fingerprint density at radius 1 is 1.14 bits per heavy atom. The molecular weight excluding hydrogens is 364 g/mol. The summed E-state index contributed by atoms with van der Waals surface area (Å²) in [7, 11) is 0. The van der Waals surface area contributed by atoms with Crippen molar-refractivity contribution in [1.82, 2.24) is 15.2 Å². The molecule has 0 spiro atoms. The summed E-state index contributed by atoms with van der Waals surface area (Å²) in [6.45, 7) is 3.85. The van der Waals surface area contributed by atoms with E-state index >= 15 is 0 Å². The number of pyridine rings is 1. The monoisotopic (exact) mass is 404 g/mol. The molecule has 0 aromatic carbocycles. The van der Waals surface area contributed by atoms with Crippen molar-refractivity contribution in [3.8, 4) is 0 Å². The van der Waals surface area contributed by atoms with Gasteiger partial charge in [-0.2, -0.15) is 0 Å². The maximum atomic E-state index is 12.0. The Labute approximate surface area is 176 Å². The van der Waals surface area contributed by atoms with E-state index in [1.54, 1.807) is 24.5 Å². The number of nitrogens with zero attached hydrogens (tertiary/aromatic N) is 2. The van der Waals surface area contributed by atoms with Gasteiger partial charge in [0.25, 0.3) is 5.91 Å². The molecule has 29 heavy (non-hydrogen) atoms. The molecule has 6 heteroatoms.